The second-order valence-electron chi connectivity index (χ2n) is 5.65. The number of carbonyl (C=O) groups excluding carboxylic acids is 1. The second kappa shape index (κ2) is 5.62. The Hall–Kier alpha value is -1.89. The van der Waals surface area contributed by atoms with Gasteiger partial charge in [-0.25, -0.2) is 0 Å². The van der Waals surface area contributed by atoms with Crippen molar-refractivity contribution < 1.29 is 4.79 Å². The van der Waals surface area contributed by atoms with E-state index in [-0.39, 0.29) is 11.8 Å². The Morgan fingerprint density at radius 1 is 0.850 bits per heavy atom. The molecule has 3 unspecified atom stereocenters. The monoisotopic (exact) mass is 264 g/mol. The van der Waals surface area contributed by atoms with Crippen molar-refractivity contribution >= 4 is 5.78 Å². The Balaban J connectivity index is 1.84. The average Bonchev–Trinajstić information content (AvgIpc) is 2.51. The summed E-state index contributed by atoms with van der Waals surface area (Å²) in [6, 6.07) is 20.9. The minimum absolute atomic E-state index is 0.157. The largest absolute Gasteiger partial charge is 0.299 e. The number of rotatable bonds is 4. The van der Waals surface area contributed by atoms with E-state index >= 15 is 0 Å². The minimum Gasteiger partial charge on any atom is -0.299 e. The summed E-state index contributed by atoms with van der Waals surface area (Å²) < 4.78 is 0. The van der Waals surface area contributed by atoms with Gasteiger partial charge in [-0.1, -0.05) is 67.6 Å². The molecule has 0 saturated heterocycles. The fraction of sp³-hybridized carbons (Fsp3) is 0.316. The van der Waals surface area contributed by atoms with Crippen LogP contribution in [0, 0.1) is 11.8 Å². The molecule has 0 radical (unpaired) electrons. The Kier molecular flexibility index (Phi) is 3.68. The van der Waals surface area contributed by atoms with Crippen LogP contribution >= 0.6 is 0 Å². The molecule has 20 heavy (non-hydrogen) atoms. The molecule has 1 fully saturated rings. The van der Waals surface area contributed by atoms with Gasteiger partial charge in [0.15, 0.2) is 0 Å². The van der Waals surface area contributed by atoms with Gasteiger partial charge in [0.05, 0.1) is 0 Å². The van der Waals surface area contributed by atoms with Gasteiger partial charge in [0.1, 0.15) is 5.78 Å². The zero-order valence-corrected chi connectivity index (χ0v) is 11.8. The summed E-state index contributed by atoms with van der Waals surface area (Å²) in [5.74, 6) is 1.22. The SMILES string of the molecule is CCC1C(=O)C(Cc2ccccc2)C1c1ccccc1. The molecule has 0 spiro atoms. The fourth-order valence-corrected chi connectivity index (χ4v) is 3.48. The van der Waals surface area contributed by atoms with Crippen molar-refractivity contribution in [2.24, 2.45) is 11.8 Å². The molecule has 1 nitrogen and oxygen atoms in total. The summed E-state index contributed by atoms with van der Waals surface area (Å²) in [5.41, 5.74) is 2.58. The second-order valence-corrected chi connectivity index (χ2v) is 5.65. The van der Waals surface area contributed by atoms with Crippen LogP contribution in [0.2, 0.25) is 0 Å². The Labute approximate surface area is 120 Å². The average molecular weight is 264 g/mol. The van der Waals surface area contributed by atoms with E-state index in [1.165, 1.54) is 11.1 Å². The van der Waals surface area contributed by atoms with E-state index in [1.54, 1.807) is 0 Å². The van der Waals surface area contributed by atoms with Crippen LogP contribution in [0.15, 0.2) is 60.7 Å². The first-order chi connectivity index (χ1) is 9.81. The first-order valence-electron chi connectivity index (χ1n) is 7.44. The van der Waals surface area contributed by atoms with Crippen molar-refractivity contribution in [1.29, 1.82) is 0 Å². The molecular formula is C19H20O. The molecule has 1 aliphatic rings. The van der Waals surface area contributed by atoms with Crippen LogP contribution in [0.5, 0.6) is 0 Å². The molecule has 3 rings (SSSR count). The van der Waals surface area contributed by atoms with Crippen molar-refractivity contribution in [2.75, 3.05) is 0 Å². The zero-order chi connectivity index (χ0) is 13.9. The van der Waals surface area contributed by atoms with Crippen molar-refractivity contribution in [3.63, 3.8) is 0 Å². The van der Waals surface area contributed by atoms with Gasteiger partial charge in [-0.2, -0.15) is 0 Å². The lowest BCUT2D eigenvalue weighted by Gasteiger charge is -2.43. The van der Waals surface area contributed by atoms with E-state index in [2.05, 4.69) is 43.3 Å². The summed E-state index contributed by atoms with van der Waals surface area (Å²) >= 11 is 0. The Morgan fingerprint density at radius 3 is 2.05 bits per heavy atom. The zero-order valence-electron chi connectivity index (χ0n) is 11.8. The van der Waals surface area contributed by atoms with Gasteiger partial charge in [0.2, 0.25) is 0 Å². The van der Waals surface area contributed by atoms with Crippen molar-refractivity contribution in [2.45, 2.75) is 25.7 Å². The lowest BCUT2D eigenvalue weighted by atomic mass is 9.58. The molecule has 1 heteroatoms. The van der Waals surface area contributed by atoms with Crippen molar-refractivity contribution in [3.8, 4) is 0 Å². The van der Waals surface area contributed by atoms with Gasteiger partial charge < -0.3 is 0 Å². The molecule has 2 aromatic carbocycles. The van der Waals surface area contributed by atoms with Crippen LogP contribution in [0.3, 0.4) is 0 Å². The number of Topliss-reactive ketones (excluding diaryl/α,β-unsaturated/α-hetero) is 1. The van der Waals surface area contributed by atoms with Crippen LogP contribution < -0.4 is 0 Å². The number of hydrogen-bond acceptors (Lipinski definition) is 1. The molecule has 0 aliphatic heterocycles. The van der Waals surface area contributed by atoms with Crippen LogP contribution in [-0.2, 0) is 11.2 Å². The lowest BCUT2D eigenvalue weighted by Crippen LogP contribution is -2.46. The predicted molar refractivity (Wildman–Crippen MR) is 81.6 cm³/mol. The Morgan fingerprint density at radius 2 is 1.45 bits per heavy atom. The van der Waals surface area contributed by atoms with Gasteiger partial charge in [0.25, 0.3) is 0 Å². The first kappa shape index (κ1) is 13.1. The summed E-state index contributed by atoms with van der Waals surface area (Å²) in [6.07, 6.45) is 1.82. The summed E-state index contributed by atoms with van der Waals surface area (Å²) in [5, 5.41) is 0. The van der Waals surface area contributed by atoms with Gasteiger partial charge >= 0.3 is 0 Å². The molecule has 1 saturated carbocycles. The summed E-state index contributed by atoms with van der Waals surface area (Å²) in [7, 11) is 0. The molecular weight excluding hydrogens is 244 g/mol. The normalized spacial score (nSPS) is 25.2. The quantitative estimate of drug-likeness (QED) is 0.807. The van der Waals surface area contributed by atoms with E-state index in [1.807, 2.05) is 24.3 Å². The molecule has 102 valence electrons. The first-order valence-corrected chi connectivity index (χ1v) is 7.44. The highest BCUT2D eigenvalue weighted by Crippen LogP contribution is 2.47. The maximum atomic E-state index is 12.4. The number of carbonyl (C=O) groups is 1. The van der Waals surface area contributed by atoms with E-state index < -0.39 is 0 Å². The molecule has 2 aromatic rings. The van der Waals surface area contributed by atoms with E-state index in [0.29, 0.717) is 11.7 Å². The number of benzene rings is 2. The summed E-state index contributed by atoms with van der Waals surface area (Å²) in [4.78, 5) is 12.4. The van der Waals surface area contributed by atoms with Gasteiger partial charge in [-0.15, -0.1) is 0 Å². The molecule has 0 heterocycles. The maximum Gasteiger partial charge on any atom is 0.140 e. The van der Waals surface area contributed by atoms with E-state index in [4.69, 9.17) is 0 Å². The van der Waals surface area contributed by atoms with Gasteiger partial charge in [-0.3, -0.25) is 4.79 Å². The fourth-order valence-electron chi connectivity index (χ4n) is 3.48. The highest BCUT2D eigenvalue weighted by molar-refractivity contribution is 5.92. The van der Waals surface area contributed by atoms with Gasteiger partial charge in [0, 0.05) is 17.8 Å². The lowest BCUT2D eigenvalue weighted by molar-refractivity contribution is -0.138. The topological polar surface area (TPSA) is 17.1 Å². The number of hydrogen-bond donors (Lipinski definition) is 0. The van der Waals surface area contributed by atoms with Gasteiger partial charge in [-0.05, 0) is 24.0 Å². The smallest absolute Gasteiger partial charge is 0.140 e. The molecule has 0 N–H and O–H groups in total. The molecule has 1 aliphatic carbocycles. The molecule has 0 bridgehead atoms. The molecule has 0 amide bonds. The van der Waals surface area contributed by atoms with Crippen molar-refractivity contribution in [3.05, 3.63) is 71.8 Å². The molecule has 3 atom stereocenters. The third kappa shape index (κ3) is 2.29. The highest BCUT2D eigenvalue weighted by Gasteiger charge is 2.48. The standard InChI is InChI=1S/C19H20O/c1-2-16-18(15-11-7-4-8-12-15)17(19(16)20)13-14-9-5-3-6-10-14/h3-12,16-18H,2,13H2,1H3. The third-order valence-corrected chi connectivity index (χ3v) is 4.52. The predicted octanol–water partition coefficient (Wildman–Crippen LogP) is 4.24. The van der Waals surface area contributed by atoms with Crippen molar-refractivity contribution in [1.82, 2.24) is 0 Å². The summed E-state index contributed by atoms with van der Waals surface area (Å²) in [6.45, 7) is 2.12. The van der Waals surface area contributed by atoms with Crippen LogP contribution in [0.4, 0.5) is 0 Å². The van der Waals surface area contributed by atoms with Crippen LogP contribution in [0.25, 0.3) is 0 Å². The molecule has 0 aromatic heterocycles. The van der Waals surface area contributed by atoms with Crippen LogP contribution in [0.1, 0.15) is 30.4 Å². The van der Waals surface area contributed by atoms with Crippen LogP contribution in [-0.4, -0.2) is 5.78 Å². The van der Waals surface area contributed by atoms with E-state index in [9.17, 15) is 4.79 Å². The third-order valence-electron chi connectivity index (χ3n) is 4.52. The highest BCUT2D eigenvalue weighted by atomic mass is 16.1. The minimum atomic E-state index is 0.157. The van der Waals surface area contributed by atoms with E-state index in [0.717, 1.165) is 12.8 Å². The maximum absolute atomic E-state index is 12.4. The number of ketones is 1. The Bertz CT molecular complexity index is 573.